The van der Waals surface area contributed by atoms with Crippen molar-refractivity contribution in [3.8, 4) is 0 Å². The summed E-state index contributed by atoms with van der Waals surface area (Å²) in [5, 5.41) is 10.8. The summed E-state index contributed by atoms with van der Waals surface area (Å²) in [6, 6.07) is 8.79. The van der Waals surface area contributed by atoms with Gasteiger partial charge in [-0.25, -0.2) is 0 Å². The van der Waals surface area contributed by atoms with Gasteiger partial charge in [0.1, 0.15) is 0 Å². The molecule has 1 fully saturated rings. The lowest BCUT2D eigenvalue weighted by Gasteiger charge is -2.27. The summed E-state index contributed by atoms with van der Waals surface area (Å²) < 4.78 is 0. The lowest BCUT2D eigenvalue weighted by atomic mass is 9.84. The van der Waals surface area contributed by atoms with E-state index in [4.69, 9.17) is 0 Å². The third-order valence-electron chi connectivity index (χ3n) is 4.49. The molecule has 2 heteroatoms. The van der Waals surface area contributed by atoms with Gasteiger partial charge in [0, 0.05) is 13.0 Å². The molecule has 20 heavy (non-hydrogen) atoms. The molecular formula is C18H29NO. The van der Waals surface area contributed by atoms with E-state index in [1.165, 1.54) is 11.1 Å². The maximum Gasteiger partial charge on any atom is 0.0700 e. The van der Waals surface area contributed by atoms with E-state index in [0.29, 0.717) is 0 Å². The van der Waals surface area contributed by atoms with Gasteiger partial charge < -0.3 is 10.0 Å². The van der Waals surface area contributed by atoms with Gasteiger partial charge in [-0.1, -0.05) is 45.0 Å². The highest BCUT2D eigenvalue weighted by molar-refractivity contribution is 5.28. The van der Waals surface area contributed by atoms with Gasteiger partial charge in [-0.3, -0.25) is 0 Å². The molecule has 0 bridgehead atoms. The minimum absolute atomic E-state index is 0.195. The monoisotopic (exact) mass is 275 g/mol. The van der Waals surface area contributed by atoms with Crippen LogP contribution in [0.3, 0.4) is 0 Å². The van der Waals surface area contributed by atoms with Crippen molar-refractivity contribution in [3.05, 3.63) is 35.4 Å². The van der Waals surface area contributed by atoms with Gasteiger partial charge in [-0.15, -0.1) is 0 Å². The van der Waals surface area contributed by atoms with E-state index in [9.17, 15) is 5.11 Å². The third-order valence-corrected chi connectivity index (χ3v) is 4.49. The first kappa shape index (κ1) is 15.5. The average Bonchev–Trinajstić information content (AvgIpc) is 2.51. The Bertz CT molecular complexity index is 432. The van der Waals surface area contributed by atoms with Crippen molar-refractivity contribution in [2.24, 2.45) is 0 Å². The van der Waals surface area contributed by atoms with Crippen molar-refractivity contribution < 1.29 is 5.11 Å². The molecule has 1 aliphatic rings. The van der Waals surface area contributed by atoms with Crippen LogP contribution in [0, 0.1) is 0 Å². The summed E-state index contributed by atoms with van der Waals surface area (Å²) in [5.41, 5.74) is 2.29. The smallest absolute Gasteiger partial charge is 0.0700 e. The van der Waals surface area contributed by atoms with E-state index in [2.05, 4.69) is 57.0 Å². The largest absolute Gasteiger partial charge is 0.389 e. The summed E-state index contributed by atoms with van der Waals surface area (Å²) in [5.74, 6) is 0. The number of hydrogen-bond acceptors (Lipinski definition) is 2. The van der Waals surface area contributed by atoms with Crippen LogP contribution in [0.1, 0.15) is 51.2 Å². The fraction of sp³-hybridized carbons (Fsp3) is 0.667. The molecular weight excluding hydrogens is 246 g/mol. The molecule has 112 valence electrons. The predicted octanol–water partition coefficient (Wildman–Crippen LogP) is 3.37. The van der Waals surface area contributed by atoms with Crippen LogP contribution < -0.4 is 0 Å². The zero-order chi connectivity index (χ0) is 14.8. The number of nitrogens with zero attached hydrogens (tertiary/aromatic N) is 1. The summed E-state index contributed by atoms with van der Waals surface area (Å²) >= 11 is 0. The third kappa shape index (κ3) is 4.07. The predicted molar refractivity (Wildman–Crippen MR) is 85.1 cm³/mol. The lowest BCUT2D eigenvalue weighted by molar-refractivity contribution is 0.0263. The summed E-state index contributed by atoms with van der Waals surface area (Å²) in [4.78, 5) is 2.32. The SMILES string of the molecule is CN1CCCC(O)(Cc2ccc(C(C)(C)C)cc2)CC1. The second-order valence-electron chi connectivity index (χ2n) is 7.50. The van der Waals surface area contributed by atoms with Crippen LogP contribution in [0.4, 0.5) is 0 Å². The Morgan fingerprint density at radius 1 is 1.10 bits per heavy atom. The van der Waals surface area contributed by atoms with Crippen LogP contribution in [-0.4, -0.2) is 35.7 Å². The maximum absolute atomic E-state index is 10.8. The molecule has 0 spiro atoms. The first-order valence-corrected chi connectivity index (χ1v) is 7.79. The highest BCUT2D eigenvalue weighted by atomic mass is 16.3. The van der Waals surface area contributed by atoms with Gasteiger partial charge in [0.25, 0.3) is 0 Å². The van der Waals surface area contributed by atoms with Crippen molar-refractivity contribution in [1.82, 2.24) is 4.90 Å². The van der Waals surface area contributed by atoms with E-state index in [1.54, 1.807) is 0 Å². The van der Waals surface area contributed by atoms with Crippen molar-refractivity contribution >= 4 is 0 Å². The zero-order valence-corrected chi connectivity index (χ0v) is 13.4. The van der Waals surface area contributed by atoms with Crippen molar-refractivity contribution in [1.29, 1.82) is 0 Å². The lowest BCUT2D eigenvalue weighted by Crippen LogP contribution is -2.32. The van der Waals surface area contributed by atoms with Crippen molar-refractivity contribution in [3.63, 3.8) is 0 Å². The van der Waals surface area contributed by atoms with Crippen LogP contribution in [0.5, 0.6) is 0 Å². The highest BCUT2D eigenvalue weighted by Crippen LogP contribution is 2.28. The molecule has 1 heterocycles. The Morgan fingerprint density at radius 3 is 2.35 bits per heavy atom. The van der Waals surface area contributed by atoms with Gasteiger partial charge in [0.15, 0.2) is 0 Å². The van der Waals surface area contributed by atoms with E-state index in [0.717, 1.165) is 38.8 Å². The molecule has 0 aliphatic carbocycles. The summed E-state index contributed by atoms with van der Waals surface area (Å²) in [7, 11) is 2.14. The van der Waals surface area contributed by atoms with E-state index in [-0.39, 0.29) is 5.41 Å². The molecule has 1 atom stereocenters. The summed E-state index contributed by atoms with van der Waals surface area (Å²) in [6.45, 7) is 8.80. The van der Waals surface area contributed by atoms with Gasteiger partial charge >= 0.3 is 0 Å². The molecule has 1 aromatic rings. The van der Waals surface area contributed by atoms with Crippen LogP contribution in [-0.2, 0) is 11.8 Å². The van der Waals surface area contributed by atoms with Crippen LogP contribution in [0.2, 0.25) is 0 Å². The van der Waals surface area contributed by atoms with Gasteiger partial charge in [0.2, 0.25) is 0 Å². The highest BCUT2D eigenvalue weighted by Gasteiger charge is 2.29. The number of rotatable bonds is 2. The molecule has 1 N–H and O–H groups in total. The zero-order valence-electron chi connectivity index (χ0n) is 13.4. The van der Waals surface area contributed by atoms with Crippen LogP contribution >= 0.6 is 0 Å². The Hall–Kier alpha value is -0.860. The van der Waals surface area contributed by atoms with Crippen molar-refractivity contribution in [2.75, 3.05) is 20.1 Å². The standard InChI is InChI=1S/C18H29NO/c1-17(2,3)16-8-6-15(7-9-16)14-18(20)10-5-12-19(4)13-11-18/h6-9,20H,5,10-14H2,1-4H3. The van der Waals surface area contributed by atoms with Gasteiger partial charge in [0.05, 0.1) is 5.60 Å². The van der Waals surface area contributed by atoms with Crippen molar-refractivity contribution in [2.45, 2.75) is 57.5 Å². The molecule has 1 unspecified atom stereocenters. The molecule has 1 saturated heterocycles. The number of benzene rings is 1. The second-order valence-corrected chi connectivity index (χ2v) is 7.50. The Kier molecular flexibility index (Phi) is 4.55. The number of aliphatic hydroxyl groups is 1. The van der Waals surface area contributed by atoms with Crippen LogP contribution in [0.25, 0.3) is 0 Å². The fourth-order valence-corrected chi connectivity index (χ4v) is 2.99. The van der Waals surface area contributed by atoms with E-state index in [1.807, 2.05) is 0 Å². The first-order chi connectivity index (χ1) is 9.28. The number of hydrogen-bond donors (Lipinski definition) is 1. The molecule has 0 saturated carbocycles. The van der Waals surface area contributed by atoms with E-state index >= 15 is 0 Å². The quantitative estimate of drug-likeness (QED) is 0.894. The summed E-state index contributed by atoms with van der Waals surface area (Å²) in [6.07, 6.45) is 3.67. The Morgan fingerprint density at radius 2 is 1.75 bits per heavy atom. The Labute approximate surface area is 123 Å². The normalized spacial score (nSPS) is 25.4. The van der Waals surface area contributed by atoms with E-state index < -0.39 is 5.60 Å². The molecule has 1 aromatic carbocycles. The maximum atomic E-state index is 10.8. The Balaban J connectivity index is 2.05. The second kappa shape index (κ2) is 5.87. The topological polar surface area (TPSA) is 23.5 Å². The van der Waals surface area contributed by atoms with Gasteiger partial charge in [-0.2, -0.15) is 0 Å². The number of likely N-dealkylation sites (tertiary alicyclic amines) is 1. The molecule has 0 aromatic heterocycles. The minimum Gasteiger partial charge on any atom is -0.389 e. The fourth-order valence-electron chi connectivity index (χ4n) is 2.99. The van der Waals surface area contributed by atoms with Gasteiger partial charge in [-0.05, 0) is 49.4 Å². The average molecular weight is 275 g/mol. The molecule has 0 radical (unpaired) electrons. The molecule has 2 rings (SSSR count). The molecule has 2 nitrogen and oxygen atoms in total. The molecule has 0 amide bonds. The van der Waals surface area contributed by atoms with Crippen LogP contribution in [0.15, 0.2) is 24.3 Å². The minimum atomic E-state index is -0.520. The first-order valence-electron chi connectivity index (χ1n) is 7.79. The molecule has 1 aliphatic heterocycles.